The number of nitrogens with one attached hydrogen (secondary N) is 2. The Balaban J connectivity index is 2.03. The molecule has 0 atom stereocenters. The summed E-state index contributed by atoms with van der Waals surface area (Å²) in [6.07, 6.45) is 0. The highest BCUT2D eigenvalue weighted by Gasteiger charge is 2.20. The number of para-hydroxylation sites is 1. The first-order valence-electron chi connectivity index (χ1n) is 8.78. The summed E-state index contributed by atoms with van der Waals surface area (Å²) in [6, 6.07) is 12.3. The molecule has 1 amide bonds. The standard InChI is InChI=1S/C20H24N2O6S/c1-20(2,3)28-18(23)13-21-29(25,26)15-11-9-14(10-12-15)22-19(24)16-7-5-6-8-17(16)27-4/h5-12,21H,13H2,1-4H3,(H,22,24). The third-order valence-corrected chi connectivity index (χ3v) is 5.02. The zero-order valence-corrected chi connectivity index (χ0v) is 17.5. The Morgan fingerprint density at radius 2 is 1.62 bits per heavy atom. The van der Waals surface area contributed by atoms with Crippen LogP contribution in [0, 0.1) is 0 Å². The summed E-state index contributed by atoms with van der Waals surface area (Å²) >= 11 is 0. The number of benzene rings is 2. The van der Waals surface area contributed by atoms with Crippen molar-refractivity contribution < 1.29 is 27.5 Å². The predicted molar refractivity (Wildman–Crippen MR) is 108 cm³/mol. The Morgan fingerprint density at radius 3 is 2.21 bits per heavy atom. The molecule has 0 unspecified atom stereocenters. The van der Waals surface area contributed by atoms with E-state index in [4.69, 9.17) is 9.47 Å². The Morgan fingerprint density at radius 1 is 1.00 bits per heavy atom. The maximum atomic E-state index is 12.4. The van der Waals surface area contributed by atoms with Gasteiger partial charge in [0.2, 0.25) is 10.0 Å². The second kappa shape index (κ2) is 9.06. The van der Waals surface area contributed by atoms with Crippen LogP contribution in [0.15, 0.2) is 53.4 Å². The lowest BCUT2D eigenvalue weighted by Crippen LogP contribution is -2.34. The Kier molecular flexibility index (Phi) is 6.99. The van der Waals surface area contributed by atoms with Crippen molar-refractivity contribution in [2.45, 2.75) is 31.3 Å². The van der Waals surface area contributed by atoms with Crippen LogP contribution >= 0.6 is 0 Å². The van der Waals surface area contributed by atoms with Gasteiger partial charge >= 0.3 is 5.97 Å². The Labute approximate surface area is 170 Å². The second-order valence-corrected chi connectivity index (χ2v) is 8.86. The molecule has 0 saturated carbocycles. The summed E-state index contributed by atoms with van der Waals surface area (Å²) in [6.45, 7) is 4.60. The molecule has 8 nitrogen and oxygen atoms in total. The molecular formula is C20H24N2O6S. The number of esters is 1. The minimum absolute atomic E-state index is 0.0450. The average Bonchev–Trinajstić information content (AvgIpc) is 2.65. The number of rotatable bonds is 7. The highest BCUT2D eigenvalue weighted by Crippen LogP contribution is 2.20. The highest BCUT2D eigenvalue weighted by molar-refractivity contribution is 7.89. The van der Waals surface area contributed by atoms with Crippen molar-refractivity contribution in [3.8, 4) is 5.75 Å². The molecule has 0 aliphatic carbocycles. The van der Waals surface area contributed by atoms with E-state index >= 15 is 0 Å². The number of hydrogen-bond donors (Lipinski definition) is 2. The largest absolute Gasteiger partial charge is 0.496 e. The third-order valence-electron chi connectivity index (χ3n) is 3.60. The van der Waals surface area contributed by atoms with Gasteiger partial charge in [0.1, 0.15) is 17.9 Å². The number of sulfonamides is 1. The zero-order chi connectivity index (χ0) is 21.7. The Hall–Kier alpha value is -2.91. The first kappa shape index (κ1) is 22.4. The van der Waals surface area contributed by atoms with Gasteiger partial charge in [-0.3, -0.25) is 9.59 Å². The second-order valence-electron chi connectivity index (χ2n) is 7.09. The van der Waals surface area contributed by atoms with Crippen molar-refractivity contribution in [3.05, 3.63) is 54.1 Å². The number of carbonyl (C=O) groups is 2. The van der Waals surface area contributed by atoms with E-state index in [-0.39, 0.29) is 10.8 Å². The van der Waals surface area contributed by atoms with E-state index in [9.17, 15) is 18.0 Å². The van der Waals surface area contributed by atoms with E-state index in [2.05, 4.69) is 10.0 Å². The lowest BCUT2D eigenvalue weighted by atomic mass is 10.2. The summed E-state index contributed by atoms with van der Waals surface area (Å²) in [5, 5.41) is 2.68. The van der Waals surface area contributed by atoms with Gasteiger partial charge in [0.05, 0.1) is 17.6 Å². The fourth-order valence-corrected chi connectivity index (χ4v) is 3.33. The lowest BCUT2D eigenvalue weighted by molar-refractivity contribution is -0.153. The normalized spacial score (nSPS) is 11.6. The van der Waals surface area contributed by atoms with Crippen LogP contribution in [0.1, 0.15) is 31.1 Å². The van der Waals surface area contributed by atoms with Crippen LogP contribution in [0.4, 0.5) is 5.69 Å². The van der Waals surface area contributed by atoms with Gasteiger partial charge in [0.15, 0.2) is 0 Å². The number of methoxy groups -OCH3 is 1. The quantitative estimate of drug-likeness (QED) is 0.666. The van der Waals surface area contributed by atoms with Gasteiger partial charge < -0.3 is 14.8 Å². The predicted octanol–water partition coefficient (Wildman–Crippen LogP) is 2.57. The summed E-state index contributed by atoms with van der Waals surface area (Å²) in [5.41, 5.74) is 0.0572. The SMILES string of the molecule is COc1ccccc1C(=O)Nc1ccc(S(=O)(=O)NCC(=O)OC(C)(C)C)cc1. The van der Waals surface area contributed by atoms with E-state index < -0.39 is 28.1 Å². The van der Waals surface area contributed by atoms with E-state index in [1.807, 2.05) is 0 Å². The molecule has 156 valence electrons. The van der Waals surface area contributed by atoms with Crippen molar-refractivity contribution in [1.29, 1.82) is 0 Å². The number of ether oxygens (including phenoxy) is 2. The molecule has 0 heterocycles. The maximum absolute atomic E-state index is 12.4. The smallest absolute Gasteiger partial charge is 0.321 e. The molecule has 2 rings (SSSR count). The van der Waals surface area contributed by atoms with Crippen molar-refractivity contribution in [2.75, 3.05) is 19.0 Å². The van der Waals surface area contributed by atoms with Crippen molar-refractivity contribution in [1.82, 2.24) is 4.72 Å². The van der Waals surface area contributed by atoms with Gasteiger partial charge in [-0.2, -0.15) is 4.72 Å². The van der Waals surface area contributed by atoms with Gasteiger partial charge in [-0.1, -0.05) is 12.1 Å². The number of hydrogen-bond acceptors (Lipinski definition) is 6. The molecule has 0 radical (unpaired) electrons. The molecule has 2 aromatic rings. The molecule has 0 bridgehead atoms. The first-order chi connectivity index (χ1) is 13.5. The van der Waals surface area contributed by atoms with Gasteiger partial charge in [0.25, 0.3) is 5.91 Å². The minimum Gasteiger partial charge on any atom is -0.496 e. The summed E-state index contributed by atoms with van der Waals surface area (Å²) in [4.78, 5) is 24.0. The number of anilines is 1. The summed E-state index contributed by atoms with van der Waals surface area (Å²) in [5.74, 6) is -0.640. The Bertz CT molecular complexity index is 979. The van der Waals surface area contributed by atoms with Gasteiger partial charge in [-0.25, -0.2) is 8.42 Å². The van der Waals surface area contributed by atoms with Crippen LogP contribution in [0.2, 0.25) is 0 Å². The van der Waals surface area contributed by atoms with Gasteiger partial charge in [-0.05, 0) is 57.2 Å². The lowest BCUT2D eigenvalue weighted by Gasteiger charge is -2.19. The average molecular weight is 420 g/mol. The zero-order valence-electron chi connectivity index (χ0n) is 16.7. The molecule has 0 saturated heterocycles. The van der Waals surface area contributed by atoms with Crippen molar-refractivity contribution in [2.24, 2.45) is 0 Å². The number of amides is 1. The molecule has 0 fully saturated rings. The van der Waals surface area contributed by atoms with Crippen LogP contribution < -0.4 is 14.8 Å². The monoisotopic (exact) mass is 420 g/mol. The van der Waals surface area contributed by atoms with E-state index in [1.54, 1.807) is 45.0 Å². The van der Waals surface area contributed by atoms with E-state index in [0.29, 0.717) is 17.0 Å². The molecule has 9 heteroatoms. The van der Waals surface area contributed by atoms with Gasteiger partial charge in [0, 0.05) is 5.69 Å². The molecule has 0 aromatic heterocycles. The van der Waals surface area contributed by atoms with Crippen LogP contribution in [0.25, 0.3) is 0 Å². The van der Waals surface area contributed by atoms with Crippen LogP contribution in [-0.4, -0.2) is 39.5 Å². The topological polar surface area (TPSA) is 111 Å². The van der Waals surface area contributed by atoms with E-state index in [1.165, 1.54) is 31.4 Å². The molecule has 0 aliphatic rings. The minimum atomic E-state index is -3.90. The molecule has 0 spiro atoms. The number of carbonyl (C=O) groups excluding carboxylic acids is 2. The summed E-state index contributed by atoms with van der Waals surface area (Å²) < 4.78 is 37.1. The molecule has 29 heavy (non-hydrogen) atoms. The molecule has 2 aromatic carbocycles. The summed E-state index contributed by atoms with van der Waals surface area (Å²) in [7, 11) is -2.43. The third kappa shape index (κ3) is 6.58. The van der Waals surface area contributed by atoms with E-state index in [0.717, 1.165) is 0 Å². The van der Waals surface area contributed by atoms with Gasteiger partial charge in [-0.15, -0.1) is 0 Å². The molecule has 0 aliphatic heterocycles. The highest BCUT2D eigenvalue weighted by atomic mass is 32.2. The van der Waals surface area contributed by atoms with Crippen LogP contribution in [0.3, 0.4) is 0 Å². The van der Waals surface area contributed by atoms with Crippen LogP contribution in [0.5, 0.6) is 5.75 Å². The van der Waals surface area contributed by atoms with Crippen LogP contribution in [-0.2, 0) is 19.6 Å². The maximum Gasteiger partial charge on any atom is 0.321 e. The fraction of sp³-hybridized carbons (Fsp3) is 0.300. The van der Waals surface area contributed by atoms with Crippen molar-refractivity contribution >= 4 is 27.6 Å². The van der Waals surface area contributed by atoms with Crippen molar-refractivity contribution in [3.63, 3.8) is 0 Å². The fourth-order valence-electron chi connectivity index (χ4n) is 2.36. The molecule has 2 N–H and O–H groups in total. The molecular weight excluding hydrogens is 396 g/mol. The first-order valence-corrected chi connectivity index (χ1v) is 10.3.